The highest BCUT2D eigenvalue weighted by Crippen LogP contribution is 2.25. The summed E-state index contributed by atoms with van der Waals surface area (Å²) >= 11 is 0. The SMILES string of the molecule is CC1(C)NC(C)(C)C(=O)N(CCCCCCN2C(=O)C(C)(C)NC(C)(C)C2=O)C1=O. The van der Waals surface area contributed by atoms with E-state index >= 15 is 0 Å². The zero-order valence-corrected chi connectivity index (χ0v) is 19.8. The van der Waals surface area contributed by atoms with Crippen molar-refractivity contribution in [3.63, 3.8) is 0 Å². The topological polar surface area (TPSA) is 98.8 Å². The molecule has 0 bridgehead atoms. The van der Waals surface area contributed by atoms with Crippen LogP contribution in [0.5, 0.6) is 0 Å². The number of piperazine rings is 2. The van der Waals surface area contributed by atoms with E-state index in [0.29, 0.717) is 25.9 Å². The first-order chi connectivity index (χ1) is 13.5. The minimum absolute atomic E-state index is 0.201. The molecule has 0 aromatic carbocycles. The predicted molar refractivity (Wildman–Crippen MR) is 114 cm³/mol. The van der Waals surface area contributed by atoms with Crippen molar-refractivity contribution >= 4 is 23.6 Å². The Kier molecular flexibility index (Phi) is 6.56. The third-order valence-electron chi connectivity index (χ3n) is 5.88. The van der Waals surface area contributed by atoms with Crippen LogP contribution in [0.15, 0.2) is 0 Å². The number of hydrogen-bond acceptors (Lipinski definition) is 6. The molecule has 2 fully saturated rings. The van der Waals surface area contributed by atoms with Crippen LogP contribution < -0.4 is 10.6 Å². The monoisotopic (exact) mass is 422 g/mol. The Labute approximate surface area is 180 Å². The normalized spacial score (nSPS) is 25.1. The Morgan fingerprint density at radius 3 is 0.967 bits per heavy atom. The maximum absolute atomic E-state index is 12.6. The van der Waals surface area contributed by atoms with Gasteiger partial charge in [-0.1, -0.05) is 12.8 Å². The molecule has 0 saturated carbocycles. The van der Waals surface area contributed by atoms with Gasteiger partial charge < -0.3 is 0 Å². The van der Waals surface area contributed by atoms with Crippen LogP contribution >= 0.6 is 0 Å². The largest absolute Gasteiger partial charge is 0.290 e. The molecule has 0 aromatic rings. The van der Waals surface area contributed by atoms with Gasteiger partial charge in [0.25, 0.3) is 0 Å². The number of amides is 4. The lowest BCUT2D eigenvalue weighted by molar-refractivity contribution is -0.160. The summed E-state index contributed by atoms with van der Waals surface area (Å²) in [6.07, 6.45) is 3.02. The highest BCUT2D eigenvalue weighted by molar-refractivity contribution is 6.06. The van der Waals surface area contributed by atoms with Crippen molar-refractivity contribution in [3.8, 4) is 0 Å². The first kappa shape index (κ1) is 24.5. The van der Waals surface area contributed by atoms with Crippen LogP contribution in [0.4, 0.5) is 0 Å². The molecule has 4 amide bonds. The maximum Gasteiger partial charge on any atom is 0.248 e. The lowest BCUT2D eigenvalue weighted by atomic mass is 9.89. The minimum Gasteiger partial charge on any atom is -0.290 e. The lowest BCUT2D eigenvalue weighted by Crippen LogP contribution is -2.72. The summed E-state index contributed by atoms with van der Waals surface area (Å²) in [5.41, 5.74) is -3.11. The fourth-order valence-electron chi connectivity index (χ4n) is 4.61. The van der Waals surface area contributed by atoms with E-state index in [-0.39, 0.29) is 23.6 Å². The van der Waals surface area contributed by atoms with E-state index in [1.807, 2.05) is 0 Å². The Hall–Kier alpha value is -1.80. The minimum atomic E-state index is -0.778. The summed E-state index contributed by atoms with van der Waals surface area (Å²) in [7, 11) is 0. The second kappa shape index (κ2) is 8.04. The fourth-order valence-corrected chi connectivity index (χ4v) is 4.61. The number of carbonyl (C=O) groups excluding carboxylic acids is 4. The molecular weight excluding hydrogens is 384 g/mol. The van der Waals surface area contributed by atoms with Crippen LogP contribution in [0.3, 0.4) is 0 Å². The Balaban J connectivity index is 1.84. The fraction of sp³-hybridized carbons (Fsp3) is 0.818. The van der Waals surface area contributed by atoms with Crippen molar-refractivity contribution in [1.82, 2.24) is 20.4 Å². The number of unbranched alkanes of at least 4 members (excludes halogenated alkanes) is 3. The van der Waals surface area contributed by atoms with E-state index < -0.39 is 22.2 Å². The summed E-state index contributed by atoms with van der Waals surface area (Å²) < 4.78 is 0. The number of nitrogens with zero attached hydrogens (tertiary/aromatic N) is 2. The third-order valence-corrected chi connectivity index (χ3v) is 5.88. The van der Waals surface area contributed by atoms with Gasteiger partial charge in [-0.05, 0) is 68.2 Å². The molecule has 30 heavy (non-hydrogen) atoms. The Bertz CT molecular complexity index is 625. The van der Waals surface area contributed by atoms with Crippen molar-refractivity contribution < 1.29 is 19.2 Å². The van der Waals surface area contributed by atoms with Crippen molar-refractivity contribution in [2.75, 3.05) is 13.1 Å². The number of rotatable bonds is 7. The highest BCUT2D eigenvalue weighted by Gasteiger charge is 2.50. The summed E-state index contributed by atoms with van der Waals surface area (Å²) in [6.45, 7) is 15.1. The zero-order valence-electron chi connectivity index (χ0n) is 19.8. The molecule has 2 aliphatic heterocycles. The van der Waals surface area contributed by atoms with Gasteiger partial charge in [0.05, 0.1) is 22.2 Å². The van der Waals surface area contributed by atoms with E-state index in [0.717, 1.165) is 12.8 Å². The highest BCUT2D eigenvalue weighted by atomic mass is 16.2. The molecule has 8 heteroatoms. The molecule has 2 aliphatic rings. The van der Waals surface area contributed by atoms with E-state index in [2.05, 4.69) is 10.6 Å². The van der Waals surface area contributed by atoms with Crippen molar-refractivity contribution in [3.05, 3.63) is 0 Å². The second-order valence-corrected chi connectivity index (χ2v) is 10.7. The van der Waals surface area contributed by atoms with Gasteiger partial charge in [-0.15, -0.1) is 0 Å². The number of hydrogen-bond donors (Lipinski definition) is 2. The number of carbonyl (C=O) groups is 4. The number of nitrogens with one attached hydrogen (secondary N) is 2. The van der Waals surface area contributed by atoms with Crippen molar-refractivity contribution in [1.29, 1.82) is 0 Å². The van der Waals surface area contributed by atoms with E-state index in [1.54, 1.807) is 55.4 Å². The van der Waals surface area contributed by atoms with E-state index in [4.69, 9.17) is 0 Å². The average Bonchev–Trinajstić information content (AvgIpc) is 2.58. The lowest BCUT2D eigenvalue weighted by Gasteiger charge is -2.45. The smallest absolute Gasteiger partial charge is 0.248 e. The quantitative estimate of drug-likeness (QED) is 0.477. The first-order valence-corrected chi connectivity index (χ1v) is 10.8. The zero-order chi connectivity index (χ0) is 23.1. The standard InChI is InChI=1S/C22H38N4O4/c1-19(2)15(27)25(16(28)20(3,4)23-19)13-11-9-10-12-14-26-17(29)21(5,6)24-22(7,8)18(26)30/h23-24H,9-14H2,1-8H3. The third kappa shape index (κ3) is 4.75. The molecule has 2 N–H and O–H groups in total. The summed E-state index contributed by atoms with van der Waals surface area (Å²) in [6, 6.07) is 0. The van der Waals surface area contributed by atoms with Gasteiger partial charge in [-0.2, -0.15) is 0 Å². The molecule has 8 nitrogen and oxygen atoms in total. The van der Waals surface area contributed by atoms with Gasteiger partial charge in [0.1, 0.15) is 0 Å². The van der Waals surface area contributed by atoms with Gasteiger partial charge in [-0.3, -0.25) is 39.6 Å². The molecule has 0 unspecified atom stereocenters. The Morgan fingerprint density at radius 1 is 0.500 bits per heavy atom. The summed E-state index contributed by atoms with van der Waals surface area (Å²) in [5, 5.41) is 6.23. The second-order valence-electron chi connectivity index (χ2n) is 10.7. The van der Waals surface area contributed by atoms with E-state index in [9.17, 15) is 19.2 Å². The molecule has 0 aromatic heterocycles. The number of imide groups is 2. The first-order valence-electron chi connectivity index (χ1n) is 10.8. The van der Waals surface area contributed by atoms with Crippen LogP contribution in [0, 0.1) is 0 Å². The van der Waals surface area contributed by atoms with Crippen LogP contribution in [-0.4, -0.2) is 68.7 Å². The van der Waals surface area contributed by atoms with Gasteiger partial charge in [0, 0.05) is 13.1 Å². The van der Waals surface area contributed by atoms with Crippen LogP contribution in [0.25, 0.3) is 0 Å². The molecule has 2 heterocycles. The van der Waals surface area contributed by atoms with Gasteiger partial charge in [0.15, 0.2) is 0 Å². The van der Waals surface area contributed by atoms with Crippen molar-refractivity contribution in [2.24, 2.45) is 0 Å². The average molecular weight is 423 g/mol. The molecule has 0 spiro atoms. The van der Waals surface area contributed by atoms with Crippen LogP contribution in [0.1, 0.15) is 81.1 Å². The molecule has 0 aliphatic carbocycles. The van der Waals surface area contributed by atoms with Gasteiger partial charge in [0.2, 0.25) is 23.6 Å². The predicted octanol–water partition coefficient (Wildman–Crippen LogP) is 1.58. The molecule has 2 saturated heterocycles. The molecule has 2 rings (SSSR count). The summed E-state index contributed by atoms with van der Waals surface area (Å²) in [4.78, 5) is 53.2. The van der Waals surface area contributed by atoms with E-state index in [1.165, 1.54) is 9.80 Å². The van der Waals surface area contributed by atoms with Crippen LogP contribution in [0.2, 0.25) is 0 Å². The van der Waals surface area contributed by atoms with Gasteiger partial charge in [-0.25, -0.2) is 0 Å². The molecule has 0 radical (unpaired) electrons. The molecule has 0 atom stereocenters. The maximum atomic E-state index is 12.6. The van der Waals surface area contributed by atoms with Crippen molar-refractivity contribution in [2.45, 2.75) is 103 Å². The molecule has 170 valence electrons. The Morgan fingerprint density at radius 2 is 0.733 bits per heavy atom. The van der Waals surface area contributed by atoms with Gasteiger partial charge >= 0.3 is 0 Å². The van der Waals surface area contributed by atoms with Crippen LogP contribution in [-0.2, 0) is 19.2 Å². The molecular formula is C22H38N4O4. The summed E-state index contributed by atoms with van der Waals surface area (Å²) in [5.74, 6) is -0.803.